The third kappa shape index (κ3) is 5.16. The third-order valence-electron chi connectivity index (χ3n) is 4.30. The number of nitrogens with zero attached hydrogens (tertiary/aromatic N) is 1. The quantitative estimate of drug-likeness (QED) is 0.673. The van der Waals surface area contributed by atoms with Crippen LogP contribution in [-0.4, -0.2) is 31.1 Å². The highest BCUT2D eigenvalue weighted by Crippen LogP contribution is 2.40. The summed E-state index contributed by atoms with van der Waals surface area (Å²) < 4.78 is 79.2. The molecule has 2 nitrogen and oxygen atoms in total. The predicted molar refractivity (Wildman–Crippen MR) is 94.3 cm³/mol. The molecule has 27 heavy (non-hydrogen) atoms. The largest absolute Gasteiger partial charge is 0.416 e. The maximum Gasteiger partial charge on any atom is 0.416 e. The van der Waals surface area contributed by atoms with Crippen molar-refractivity contribution in [1.82, 2.24) is 10.2 Å². The van der Waals surface area contributed by atoms with Gasteiger partial charge in [0.15, 0.2) is 0 Å². The molecule has 0 bridgehead atoms. The first-order valence-corrected chi connectivity index (χ1v) is 8.87. The van der Waals surface area contributed by atoms with E-state index in [2.05, 4.69) is 5.32 Å². The summed E-state index contributed by atoms with van der Waals surface area (Å²) in [6.07, 6.45) is -9.70. The van der Waals surface area contributed by atoms with Gasteiger partial charge in [0, 0.05) is 26.2 Å². The summed E-state index contributed by atoms with van der Waals surface area (Å²) in [5.74, 6) is 0. The normalized spacial score (nSPS) is 17.4. The van der Waals surface area contributed by atoms with Crippen molar-refractivity contribution in [1.29, 1.82) is 0 Å². The van der Waals surface area contributed by atoms with E-state index in [0.717, 1.165) is 12.1 Å². The topological polar surface area (TPSA) is 15.3 Å². The number of alkyl halides is 6. The first-order chi connectivity index (χ1) is 12.2. The number of benzene rings is 1. The molecule has 0 radical (unpaired) electrons. The van der Waals surface area contributed by atoms with E-state index in [9.17, 15) is 26.3 Å². The molecule has 0 spiro atoms. The standard InChI is InChI=1S/C17H16F6N2S.ClH/c18-16(19,20)13-7-12(8-14(9-13)17(21,22)23)15(11-1-6-26-10-11)25-4-2-24-3-5-25;/h1,6-10,15,24H,2-5H2;1H/t15-;/m1./s1. The zero-order valence-electron chi connectivity index (χ0n) is 13.9. The SMILES string of the molecule is Cl.FC(F)(F)c1cc([C@@H](c2ccsc2)N2CCNCC2)cc(C(F)(F)F)c1. The van der Waals surface area contributed by atoms with Gasteiger partial charge in [-0.15, -0.1) is 12.4 Å². The zero-order valence-corrected chi connectivity index (χ0v) is 15.5. The Bertz CT molecular complexity index is 707. The van der Waals surface area contributed by atoms with Gasteiger partial charge in [-0.25, -0.2) is 0 Å². The van der Waals surface area contributed by atoms with E-state index < -0.39 is 29.5 Å². The minimum atomic E-state index is -4.85. The minimum absolute atomic E-state index is 0. The second kappa shape index (κ2) is 8.38. The molecule has 1 atom stereocenters. The van der Waals surface area contributed by atoms with Crippen LogP contribution in [0.3, 0.4) is 0 Å². The van der Waals surface area contributed by atoms with Crippen LogP contribution in [0.25, 0.3) is 0 Å². The van der Waals surface area contributed by atoms with Gasteiger partial charge < -0.3 is 5.32 Å². The Morgan fingerprint density at radius 2 is 1.44 bits per heavy atom. The fourth-order valence-electron chi connectivity index (χ4n) is 3.12. The van der Waals surface area contributed by atoms with Crippen molar-refractivity contribution in [2.45, 2.75) is 18.4 Å². The van der Waals surface area contributed by atoms with Crippen molar-refractivity contribution >= 4 is 23.7 Å². The van der Waals surface area contributed by atoms with E-state index in [1.165, 1.54) is 11.3 Å². The van der Waals surface area contributed by atoms with Gasteiger partial charge in [-0.1, -0.05) is 0 Å². The Hall–Kier alpha value is -1.29. The Morgan fingerprint density at radius 3 is 1.89 bits per heavy atom. The van der Waals surface area contributed by atoms with Crippen LogP contribution in [0.5, 0.6) is 0 Å². The highest BCUT2D eigenvalue weighted by Gasteiger charge is 2.38. The summed E-state index contributed by atoms with van der Waals surface area (Å²) in [6.45, 7) is 2.34. The van der Waals surface area contributed by atoms with Crippen molar-refractivity contribution < 1.29 is 26.3 Å². The lowest BCUT2D eigenvalue weighted by Crippen LogP contribution is -2.45. The Labute approximate surface area is 162 Å². The van der Waals surface area contributed by atoms with E-state index in [1.54, 1.807) is 16.8 Å². The maximum atomic E-state index is 13.2. The average molecular weight is 431 g/mol. The van der Waals surface area contributed by atoms with Crippen LogP contribution >= 0.6 is 23.7 Å². The predicted octanol–water partition coefficient (Wildman–Crippen LogP) is 5.20. The van der Waals surface area contributed by atoms with Gasteiger partial charge in [-0.3, -0.25) is 4.90 Å². The molecule has 1 aromatic carbocycles. The first-order valence-electron chi connectivity index (χ1n) is 7.92. The Morgan fingerprint density at radius 1 is 0.889 bits per heavy atom. The maximum absolute atomic E-state index is 13.2. The summed E-state index contributed by atoms with van der Waals surface area (Å²) in [6, 6.07) is 2.93. The van der Waals surface area contributed by atoms with Gasteiger partial charge in [-0.05, 0) is 46.2 Å². The van der Waals surface area contributed by atoms with E-state index in [4.69, 9.17) is 0 Å². The number of piperazine rings is 1. The van der Waals surface area contributed by atoms with E-state index in [-0.39, 0.29) is 24.0 Å². The Balaban J connectivity index is 0.00000261. The fourth-order valence-corrected chi connectivity index (χ4v) is 3.80. The molecule has 0 aliphatic carbocycles. The van der Waals surface area contributed by atoms with Crippen molar-refractivity contribution in [2.24, 2.45) is 0 Å². The highest BCUT2D eigenvalue weighted by molar-refractivity contribution is 7.08. The molecule has 1 aliphatic rings. The van der Waals surface area contributed by atoms with Gasteiger partial charge in [-0.2, -0.15) is 37.7 Å². The number of thiophene rings is 1. The van der Waals surface area contributed by atoms with Crippen LogP contribution in [0.1, 0.15) is 28.3 Å². The molecule has 1 saturated heterocycles. The summed E-state index contributed by atoms with van der Waals surface area (Å²) in [7, 11) is 0. The molecule has 1 fully saturated rings. The first kappa shape index (κ1) is 22.0. The average Bonchev–Trinajstić information content (AvgIpc) is 3.08. The minimum Gasteiger partial charge on any atom is -0.314 e. The third-order valence-corrected chi connectivity index (χ3v) is 5.00. The molecule has 2 aromatic rings. The van der Waals surface area contributed by atoms with Crippen LogP contribution in [0, 0.1) is 0 Å². The molecule has 1 aromatic heterocycles. The number of halogens is 7. The van der Waals surface area contributed by atoms with E-state index in [0.29, 0.717) is 31.7 Å². The van der Waals surface area contributed by atoms with Crippen molar-refractivity contribution in [3.63, 3.8) is 0 Å². The molecular formula is C17H17ClF6N2S. The van der Waals surface area contributed by atoms with Crippen LogP contribution in [-0.2, 0) is 12.4 Å². The van der Waals surface area contributed by atoms with Crippen molar-refractivity contribution in [2.75, 3.05) is 26.2 Å². The second-order valence-corrected chi connectivity index (χ2v) is 6.86. The van der Waals surface area contributed by atoms with Crippen LogP contribution in [0.4, 0.5) is 26.3 Å². The number of hydrogen-bond acceptors (Lipinski definition) is 3. The monoisotopic (exact) mass is 430 g/mol. The lowest BCUT2D eigenvalue weighted by molar-refractivity contribution is -0.143. The molecule has 1 aliphatic heterocycles. The molecule has 10 heteroatoms. The van der Waals surface area contributed by atoms with Crippen molar-refractivity contribution in [3.8, 4) is 0 Å². The number of rotatable bonds is 3. The number of nitrogens with one attached hydrogen (secondary N) is 1. The highest BCUT2D eigenvalue weighted by atomic mass is 35.5. The summed E-state index contributed by atoms with van der Waals surface area (Å²) in [5.41, 5.74) is -1.85. The lowest BCUT2D eigenvalue weighted by atomic mass is 9.94. The molecule has 2 heterocycles. The van der Waals surface area contributed by atoms with Gasteiger partial charge in [0.1, 0.15) is 0 Å². The van der Waals surface area contributed by atoms with E-state index in [1.807, 2.05) is 4.90 Å². The summed E-state index contributed by atoms with van der Waals surface area (Å²) in [5, 5.41) is 6.67. The second-order valence-electron chi connectivity index (χ2n) is 6.08. The summed E-state index contributed by atoms with van der Waals surface area (Å²) in [4.78, 5) is 1.91. The van der Waals surface area contributed by atoms with Gasteiger partial charge in [0.25, 0.3) is 0 Å². The molecule has 3 rings (SSSR count). The van der Waals surface area contributed by atoms with E-state index >= 15 is 0 Å². The smallest absolute Gasteiger partial charge is 0.314 e. The van der Waals surface area contributed by atoms with Gasteiger partial charge >= 0.3 is 12.4 Å². The molecule has 0 unspecified atom stereocenters. The molecule has 1 N–H and O–H groups in total. The van der Waals surface area contributed by atoms with Crippen LogP contribution in [0.15, 0.2) is 35.0 Å². The molecule has 0 saturated carbocycles. The Kier molecular flexibility index (Phi) is 6.83. The molecule has 0 amide bonds. The fraction of sp³-hybridized carbons (Fsp3) is 0.412. The molecule has 150 valence electrons. The van der Waals surface area contributed by atoms with Crippen molar-refractivity contribution in [3.05, 3.63) is 57.3 Å². The van der Waals surface area contributed by atoms with Gasteiger partial charge in [0.05, 0.1) is 17.2 Å². The zero-order chi connectivity index (χ0) is 18.9. The van der Waals surface area contributed by atoms with Crippen LogP contribution < -0.4 is 5.32 Å². The summed E-state index contributed by atoms with van der Waals surface area (Å²) >= 11 is 1.36. The number of hydrogen-bond donors (Lipinski definition) is 1. The van der Waals surface area contributed by atoms with Crippen LogP contribution in [0.2, 0.25) is 0 Å². The molecular weight excluding hydrogens is 414 g/mol. The van der Waals surface area contributed by atoms with Gasteiger partial charge in [0.2, 0.25) is 0 Å². The lowest BCUT2D eigenvalue weighted by Gasteiger charge is -2.35.